The van der Waals surface area contributed by atoms with Crippen molar-refractivity contribution in [1.82, 2.24) is 10.1 Å². The van der Waals surface area contributed by atoms with Gasteiger partial charge in [0.05, 0.1) is 11.1 Å². The molecule has 154 valence electrons. The van der Waals surface area contributed by atoms with E-state index in [-0.39, 0.29) is 12.2 Å². The second kappa shape index (κ2) is 9.28. The summed E-state index contributed by atoms with van der Waals surface area (Å²) in [5, 5.41) is 13.9. The second-order valence-electron chi connectivity index (χ2n) is 6.60. The lowest BCUT2D eigenvalue weighted by molar-refractivity contribution is 0.0696. The maximum absolute atomic E-state index is 11.0. The number of carboxylic acids is 1. The number of hydrogen-bond acceptors (Lipinski definition) is 5. The largest absolute Gasteiger partial charge is 0.478 e. The van der Waals surface area contributed by atoms with Crippen LogP contribution in [0.15, 0.2) is 77.4 Å². The molecule has 2 aromatic heterocycles. The second-order valence-corrected chi connectivity index (χ2v) is 7.04. The highest BCUT2D eigenvalue weighted by molar-refractivity contribution is 6.30. The van der Waals surface area contributed by atoms with Gasteiger partial charge in [-0.3, -0.25) is 0 Å². The first-order valence-electron chi connectivity index (χ1n) is 9.40. The van der Waals surface area contributed by atoms with E-state index in [4.69, 9.17) is 26.0 Å². The number of hydrogen-bond donors (Lipinski definition) is 1. The van der Waals surface area contributed by atoms with Gasteiger partial charge in [0.25, 0.3) is 0 Å². The van der Waals surface area contributed by atoms with E-state index in [2.05, 4.69) is 10.1 Å². The Hall–Kier alpha value is -3.90. The third-order valence-corrected chi connectivity index (χ3v) is 4.76. The van der Waals surface area contributed by atoms with Gasteiger partial charge in [-0.2, -0.15) is 0 Å². The maximum atomic E-state index is 11.0. The minimum Gasteiger partial charge on any atom is -0.478 e. The summed E-state index contributed by atoms with van der Waals surface area (Å²) in [5.74, 6) is -0.196. The molecule has 0 spiro atoms. The number of pyridine rings is 1. The first-order valence-corrected chi connectivity index (χ1v) is 9.78. The third-order valence-electron chi connectivity index (χ3n) is 4.51. The van der Waals surface area contributed by atoms with Crippen LogP contribution < -0.4 is 4.74 Å². The van der Waals surface area contributed by atoms with Crippen molar-refractivity contribution >= 4 is 29.7 Å². The summed E-state index contributed by atoms with van der Waals surface area (Å²) in [7, 11) is 0. The fourth-order valence-corrected chi connectivity index (χ4v) is 3.03. The fraction of sp³-hybridized carbons (Fsp3) is 0.0417. The molecule has 1 N–H and O–H groups in total. The SMILES string of the molecule is O=C(O)c1ccc(OCc2c(-c3ccc(Cl)cc3)noc2/C=C/c2ccccc2)nc1. The molecule has 0 saturated heterocycles. The van der Waals surface area contributed by atoms with E-state index in [1.165, 1.54) is 18.3 Å². The summed E-state index contributed by atoms with van der Waals surface area (Å²) in [4.78, 5) is 15.0. The van der Waals surface area contributed by atoms with Crippen molar-refractivity contribution in [3.8, 4) is 17.1 Å². The molecule has 2 heterocycles. The Morgan fingerprint density at radius 2 is 1.81 bits per heavy atom. The molecule has 0 fully saturated rings. The molecular formula is C24H17ClN2O4. The van der Waals surface area contributed by atoms with Crippen molar-refractivity contribution in [2.24, 2.45) is 0 Å². The normalized spacial score (nSPS) is 11.0. The molecule has 31 heavy (non-hydrogen) atoms. The molecule has 0 aliphatic carbocycles. The topological polar surface area (TPSA) is 85.5 Å². The van der Waals surface area contributed by atoms with Crippen molar-refractivity contribution in [1.29, 1.82) is 0 Å². The van der Waals surface area contributed by atoms with Gasteiger partial charge >= 0.3 is 5.97 Å². The fourth-order valence-electron chi connectivity index (χ4n) is 2.90. The molecule has 0 saturated carbocycles. The van der Waals surface area contributed by atoms with E-state index in [0.717, 1.165) is 16.7 Å². The Morgan fingerprint density at radius 1 is 1.03 bits per heavy atom. The molecule has 0 radical (unpaired) electrons. The Balaban J connectivity index is 1.63. The number of aromatic nitrogens is 2. The summed E-state index contributed by atoms with van der Waals surface area (Å²) < 4.78 is 11.4. The molecule has 7 heteroatoms. The van der Waals surface area contributed by atoms with Crippen LogP contribution in [0.25, 0.3) is 23.4 Å². The van der Waals surface area contributed by atoms with Crippen LogP contribution in [0.3, 0.4) is 0 Å². The van der Waals surface area contributed by atoms with Crippen molar-refractivity contribution < 1.29 is 19.2 Å². The Morgan fingerprint density at radius 3 is 2.48 bits per heavy atom. The summed E-state index contributed by atoms with van der Waals surface area (Å²) in [6.45, 7) is 0.134. The van der Waals surface area contributed by atoms with Crippen LogP contribution >= 0.6 is 11.6 Å². The number of carboxylic acid groups (broad SMARTS) is 1. The molecule has 2 aromatic carbocycles. The van der Waals surface area contributed by atoms with Crippen LogP contribution in [-0.2, 0) is 6.61 Å². The number of rotatable bonds is 7. The highest BCUT2D eigenvalue weighted by Crippen LogP contribution is 2.29. The lowest BCUT2D eigenvalue weighted by Gasteiger charge is -2.06. The van der Waals surface area contributed by atoms with Gasteiger partial charge < -0.3 is 14.4 Å². The zero-order valence-corrected chi connectivity index (χ0v) is 17.0. The van der Waals surface area contributed by atoms with Crippen LogP contribution in [0, 0.1) is 0 Å². The number of nitrogens with zero attached hydrogens (tertiary/aromatic N) is 2. The van der Waals surface area contributed by atoms with Crippen molar-refractivity contribution in [3.05, 3.63) is 100 Å². The van der Waals surface area contributed by atoms with Crippen LogP contribution in [0.4, 0.5) is 0 Å². The first kappa shape index (κ1) is 20.4. The molecule has 4 rings (SSSR count). The Labute approximate surface area is 183 Å². The molecular weight excluding hydrogens is 416 g/mol. The molecule has 6 nitrogen and oxygen atoms in total. The minimum atomic E-state index is -1.04. The number of halogens is 1. The van der Waals surface area contributed by atoms with Gasteiger partial charge in [0.15, 0.2) is 5.76 Å². The van der Waals surface area contributed by atoms with Crippen molar-refractivity contribution in [2.75, 3.05) is 0 Å². The monoisotopic (exact) mass is 432 g/mol. The molecule has 0 bridgehead atoms. The summed E-state index contributed by atoms with van der Waals surface area (Å²) in [6.07, 6.45) is 5.01. The molecule has 0 unspecified atom stereocenters. The number of ether oxygens (including phenoxy) is 1. The van der Waals surface area contributed by atoms with Crippen molar-refractivity contribution in [3.63, 3.8) is 0 Å². The predicted octanol–water partition coefficient (Wildman–Crippen LogP) is 5.84. The highest BCUT2D eigenvalue weighted by atomic mass is 35.5. The van der Waals surface area contributed by atoms with Gasteiger partial charge in [-0.1, -0.05) is 65.3 Å². The van der Waals surface area contributed by atoms with E-state index in [0.29, 0.717) is 22.4 Å². The van der Waals surface area contributed by atoms with Gasteiger partial charge in [0, 0.05) is 22.8 Å². The Kier molecular flexibility index (Phi) is 6.10. The van der Waals surface area contributed by atoms with Crippen LogP contribution in [0.2, 0.25) is 5.02 Å². The van der Waals surface area contributed by atoms with Crippen molar-refractivity contribution in [2.45, 2.75) is 6.61 Å². The van der Waals surface area contributed by atoms with Gasteiger partial charge in [-0.05, 0) is 29.8 Å². The van der Waals surface area contributed by atoms with E-state index < -0.39 is 5.97 Å². The van der Waals surface area contributed by atoms with Gasteiger partial charge in [-0.15, -0.1) is 0 Å². The van der Waals surface area contributed by atoms with E-state index in [1.54, 1.807) is 12.1 Å². The number of carbonyl (C=O) groups is 1. The maximum Gasteiger partial charge on any atom is 0.337 e. The molecule has 0 atom stereocenters. The highest BCUT2D eigenvalue weighted by Gasteiger charge is 2.17. The predicted molar refractivity (Wildman–Crippen MR) is 118 cm³/mol. The van der Waals surface area contributed by atoms with Crippen LogP contribution in [0.5, 0.6) is 5.88 Å². The lowest BCUT2D eigenvalue weighted by atomic mass is 10.1. The van der Waals surface area contributed by atoms with Gasteiger partial charge in [0.1, 0.15) is 12.3 Å². The zero-order chi connectivity index (χ0) is 21.6. The zero-order valence-electron chi connectivity index (χ0n) is 16.2. The minimum absolute atomic E-state index is 0.0886. The molecule has 0 aliphatic rings. The average Bonchev–Trinajstić information content (AvgIpc) is 3.20. The number of aromatic carboxylic acids is 1. The standard InChI is InChI=1S/C24H17ClN2O4/c25-19-10-7-17(8-11-19)23-20(15-30-22-13-9-18(14-26-22)24(28)29)21(31-27-23)12-6-16-4-2-1-3-5-16/h1-14H,15H2,(H,28,29)/b12-6+. The molecule has 0 amide bonds. The van der Waals surface area contributed by atoms with E-state index in [9.17, 15) is 4.79 Å². The van der Waals surface area contributed by atoms with Crippen LogP contribution in [-0.4, -0.2) is 21.2 Å². The smallest absolute Gasteiger partial charge is 0.337 e. The van der Waals surface area contributed by atoms with Gasteiger partial charge in [0.2, 0.25) is 5.88 Å². The summed E-state index contributed by atoms with van der Waals surface area (Å²) in [6, 6.07) is 20.0. The summed E-state index contributed by atoms with van der Waals surface area (Å²) >= 11 is 6.01. The van der Waals surface area contributed by atoms with Gasteiger partial charge in [-0.25, -0.2) is 9.78 Å². The van der Waals surface area contributed by atoms with E-state index in [1.807, 2.05) is 54.6 Å². The lowest BCUT2D eigenvalue weighted by Crippen LogP contribution is -2.01. The van der Waals surface area contributed by atoms with E-state index >= 15 is 0 Å². The molecule has 0 aliphatic heterocycles. The quantitative estimate of drug-likeness (QED) is 0.395. The van der Waals surface area contributed by atoms with Crippen LogP contribution in [0.1, 0.15) is 27.2 Å². The third kappa shape index (κ3) is 4.99. The number of benzene rings is 2. The first-order chi connectivity index (χ1) is 15.1. The molecule has 4 aromatic rings. The average molecular weight is 433 g/mol. The summed E-state index contributed by atoms with van der Waals surface area (Å²) in [5.41, 5.74) is 3.31. The Bertz CT molecular complexity index is 1200.